The van der Waals surface area contributed by atoms with E-state index in [-0.39, 0.29) is 5.82 Å². The molecule has 0 aliphatic rings. The molecule has 0 saturated heterocycles. The fourth-order valence-electron chi connectivity index (χ4n) is 2.88. The van der Waals surface area contributed by atoms with Gasteiger partial charge in [-0.3, -0.25) is 0 Å². The van der Waals surface area contributed by atoms with Crippen LogP contribution in [-0.2, 0) is 0 Å². The summed E-state index contributed by atoms with van der Waals surface area (Å²) in [7, 11) is 0. The van der Waals surface area contributed by atoms with Gasteiger partial charge in [-0.05, 0) is 31.0 Å². The minimum atomic E-state index is -0.521. The van der Waals surface area contributed by atoms with Crippen LogP contribution in [0, 0.1) is 19.7 Å². The van der Waals surface area contributed by atoms with Crippen molar-refractivity contribution in [2.45, 2.75) is 13.8 Å². The van der Waals surface area contributed by atoms with E-state index in [4.69, 9.17) is 11.6 Å². The summed E-state index contributed by atoms with van der Waals surface area (Å²) in [6, 6.07) is 7.66. The smallest absolute Gasteiger partial charge is 0.184 e. The summed E-state index contributed by atoms with van der Waals surface area (Å²) in [5, 5.41) is 4.38. The molecular weight excluding hydrogens is 353 g/mol. The van der Waals surface area contributed by atoms with Crippen LogP contribution in [0.3, 0.4) is 0 Å². The predicted octanol–water partition coefficient (Wildman–Crippen LogP) is 5.17. The Morgan fingerprint density at radius 1 is 1.12 bits per heavy atom. The maximum Gasteiger partial charge on any atom is 0.184 e. The van der Waals surface area contributed by atoms with Crippen molar-refractivity contribution in [1.29, 1.82) is 0 Å². The van der Waals surface area contributed by atoms with Gasteiger partial charge in [0, 0.05) is 29.0 Å². The number of aromatic nitrogens is 4. The number of H-pyrrole nitrogens is 1. The predicted molar refractivity (Wildman–Crippen MR) is 101 cm³/mol. The van der Waals surface area contributed by atoms with Crippen molar-refractivity contribution in [3.8, 4) is 11.4 Å². The Hall–Kier alpha value is -2.99. The Bertz CT molecular complexity index is 1100. The number of nitrogens with zero attached hydrogens (tertiary/aromatic N) is 3. The molecule has 4 aromatic rings. The SMILES string of the molecule is Cc1cccc(C)c1Nc1nc(-c2c[nH]c3ncc(Cl)cc23)ncc1F. The number of hydrogen-bond acceptors (Lipinski definition) is 4. The highest BCUT2D eigenvalue weighted by atomic mass is 35.5. The second-order valence-corrected chi connectivity index (χ2v) is 6.47. The number of benzene rings is 1. The Kier molecular flexibility index (Phi) is 4.05. The third kappa shape index (κ3) is 2.88. The molecule has 0 spiro atoms. The fraction of sp³-hybridized carbons (Fsp3) is 0.105. The molecule has 0 unspecified atom stereocenters. The van der Waals surface area contributed by atoms with E-state index in [1.165, 1.54) is 0 Å². The molecule has 5 nitrogen and oxygen atoms in total. The summed E-state index contributed by atoms with van der Waals surface area (Å²) in [6.07, 6.45) is 4.46. The number of fused-ring (bicyclic) bond motifs is 1. The highest BCUT2D eigenvalue weighted by Crippen LogP contribution is 2.30. The lowest BCUT2D eigenvalue weighted by Crippen LogP contribution is -2.03. The van der Waals surface area contributed by atoms with Gasteiger partial charge in [0.25, 0.3) is 0 Å². The molecule has 0 aliphatic carbocycles. The molecule has 3 heterocycles. The molecule has 4 rings (SSSR count). The number of hydrogen-bond donors (Lipinski definition) is 2. The molecule has 1 aromatic carbocycles. The summed E-state index contributed by atoms with van der Waals surface area (Å²) in [5.41, 5.74) is 4.22. The number of aromatic amines is 1. The van der Waals surface area contributed by atoms with Crippen LogP contribution < -0.4 is 5.32 Å². The third-order valence-electron chi connectivity index (χ3n) is 4.21. The van der Waals surface area contributed by atoms with Crippen LogP contribution in [0.25, 0.3) is 22.4 Å². The second kappa shape index (κ2) is 6.38. The minimum absolute atomic E-state index is 0.122. The molecule has 0 saturated carbocycles. The lowest BCUT2D eigenvalue weighted by molar-refractivity contribution is 0.619. The zero-order valence-electron chi connectivity index (χ0n) is 14.1. The molecule has 7 heteroatoms. The molecule has 2 N–H and O–H groups in total. The van der Waals surface area contributed by atoms with Crippen molar-refractivity contribution >= 4 is 34.1 Å². The minimum Gasteiger partial charge on any atom is -0.345 e. The average Bonchev–Trinajstić information content (AvgIpc) is 3.03. The molecule has 0 amide bonds. The standard InChI is InChI=1S/C19H15ClFN5/c1-10-4-3-5-11(2)16(10)25-19-15(21)9-24-18(26-19)14-8-23-17-13(14)6-12(20)7-22-17/h3-9H,1-2H3,(H,22,23)(H,24,25,26). The molecule has 0 bridgehead atoms. The van der Waals surface area contributed by atoms with Crippen LogP contribution in [-0.4, -0.2) is 19.9 Å². The van der Waals surface area contributed by atoms with Crippen molar-refractivity contribution in [2.75, 3.05) is 5.32 Å². The van der Waals surface area contributed by atoms with E-state index in [1.807, 2.05) is 32.0 Å². The van der Waals surface area contributed by atoms with Gasteiger partial charge >= 0.3 is 0 Å². The molecule has 0 atom stereocenters. The van der Waals surface area contributed by atoms with Gasteiger partial charge in [-0.2, -0.15) is 0 Å². The Morgan fingerprint density at radius 2 is 1.88 bits per heavy atom. The monoisotopic (exact) mass is 367 g/mol. The van der Waals surface area contributed by atoms with E-state index in [0.717, 1.165) is 28.4 Å². The second-order valence-electron chi connectivity index (χ2n) is 6.03. The first kappa shape index (κ1) is 16.5. The van der Waals surface area contributed by atoms with E-state index in [9.17, 15) is 4.39 Å². The van der Waals surface area contributed by atoms with Crippen LogP contribution in [0.4, 0.5) is 15.9 Å². The topological polar surface area (TPSA) is 66.5 Å². The summed E-state index contributed by atoms with van der Waals surface area (Å²) >= 11 is 6.04. The van der Waals surface area contributed by atoms with Crippen LogP contribution >= 0.6 is 11.6 Å². The Morgan fingerprint density at radius 3 is 2.65 bits per heavy atom. The van der Waals surface area contributed by atoms with Gasteiger partial charge in [-0.25, -0.2) is 19.3 Å². The van der Waals surface area contributed by atoms with Gasteiger partial charge in [0.05, 0.1) is 11.2 Å². The van der Waals surface area contributed by atoms with Gasteiger partial charge in [-0.15, -0.1) is 0 Å². The Balaban J connectivity index is 1.80. The zero-order chi connectivity index (χ0) is 18.3. The molecule has 3 aromatic heterocycles. The maximum absolute atomic E-state index is 14.3. The van der Waals surface area contributed by atoms with E-state index in [2.05, 4.69) is 25.3 Å². The first-order valence-corrected chi connectivity index (χ1v) is 8.39. The molecule has 0 aliphatic heterocycles. The lowest BCUT2D eigenvalue weighted by Gasteiger charge is -2.13. The van der Waals surface area contributed by atoms with Crippen LogP contribution in [0.15, 0.2) is 42.9 Å². The number of halogens is 2. The zero-order valence-corrected chi connectivity index (χ0v) is 14.9. The average molecular weight is 368 g/mol. The third-order valence-corrected chi connectivity index (χ3v) is 4.41. The van der Waals surface area contributed by atoms with E-state index < -0.39 is 5.82 Å². The molecule has 0 radical (unpaired) electrons. The first-order valence-electron chi connectivity index (χ1n) is 8.01. The largest absolute Gasteiger partial charge is 0.345 e. The van der Waals surface area contributed by atoms with Gasteiger partial charge in [-0.1, -0.05) is 29.8 Å². The number of rotatable bonds is 3. The van der Waals surface area contributed by atoms with Gasteiger partial charge in [0.2, 0.25) is 0 Å². The number of aryl methyl sites for hydroxylation is 2. The quantitative estimate of drug-likeness (QED) is 0.524. The summed E-state index contributed by atoms with van der Waals surface area (Å²) in [6.45, 7) is 3.92. The van der Waals surface area contributed by atoms with Crippen molar-refractivity contribution in [2.24, 2.45) is 0 Å². The molecule has 26 heavy (non-hydrogen) atoms. The van der Waals surface area contributed by atoms with Gasteiger partial charge in [0.1, 0.15) is 5.65 Å². The van der Waals surface area contributed by atoms with Crippen molar-refractivity contribution in [1.82, 2.24) is 19.9 Å². The van der Waals surface area contributed by atoms with E-state index in [0.29, 0.717) is 22.1 Å². The van der Waals surface area contributed by atoms with Crippen LogP contribution in [0.2, 0.25) is 5.02 Å². The van der Waals surface area contributed by atoms with Crippen molar-refractivity contribution in [3.05, 3.63) is 64.8 Å². The number of nitrogens with one attached hydrogen (secondary N) is 2. The van der Waals surface area contributed by atoms with E-state index in [1.54, 1.807) is 18.5 Å². The summed E-state index contributed by atoms with van der Waals surface area (Å²) in [4.78, 5) is 15.8. The normalized spacial score (nSPS) is 11.1. The highest BCUT2D eigenvalue weighted by Gasteiger charge is 2.14. The number of para-hydroxylation sites is 1. The maximum atomic E-state index is 14.3. The number of anilines is 2. The molecule has 0 fully saturated rings. The highest BCUT2D eigenvalue weighted by molar-refractivity contribution is 6.31. The van der Waals surface area contributed by atoms with Gasteiger partial charge < -0.3 is 10.3 Å². The van der Waals surface area contributed by atoms with Crippen molar-refractivity contribution in [3.63, 3.8) is 0 Å². The Labute approximate surface area is 154 Å². The van der Waals surface area contributed by atoms with Crippen LogP contribution in [0.5, 0.6) is 0 Å². The first-order chi connectivity index (χ1) is 12.5. The number of pyridine rings is 1. The van der Waals surface area contributed by atoms with Gasteiger partial charge in [0.15, 0.2) is 17.5 Å². The van der Waals surface area contributed by atoms with E-state index >= 15 is 0 Å². The van der Waals surface area contributed by atoms with Crippen molar-refractivity contribution < 1.29 is 4.39 Å². The summed E-state index contributed by atoms with van der Waals surface area (Å²) < 4.78 is 14.3. The summed E-state index contributed by atoms with van der Waals surface area (Å²) in [5.74, 6) is -0.0143. The molecular formula is C19H15ClFN5. The fourth-order valence-corrected chi connectivity index (χ4v) is 3.04. The molecule has 130 valence electrons. The lowest BCUT2D eigenvalue weighted by atomic mass is 10.1. The van der Waals surface area contributed by atoms with Crippen LogP contribution in [0.1, 0.15) is 11.1 Å².